The minimum atomic E-state index is -3.42. The fourth-order valence-electron chi connectivity index (χ4n) is 1.70. The monoisotopic (exact) mass is 306 g/mol. The van der Waals surface area contributed by atoms with Crippen LogP contribution < -0.4 is 4.72 Å². The molecule has 0 aliphatic heterocycles. The fraction of sp³-hybridized carbons (Fsp3) is 0.667. The number of nitrogens with zero attached hydrogens (tertiary/aromatic N) is 1. The molecule has 0 radical (unpaired) electrons. The van der Waals surface area contributed by atoms with Crippen molar-refractivity contribution >= 4 is 21.4 Å². The molecule has 1 rings (SSSR count). The van der Waals surface area contributed by atoms with Crippen molar-refractivity contribution in [2.75, 3.05) is 26.2 Å². The molecule has 0 spiro atoms. The van der Waals surface area contributed by atoms with Gasteiger partial charge >= 0.3 is 0 Å². The summed E-state index contributed by atoms with van der Waals surface area (Å²) in [6.07, 6.45) is 0.791. The van der Waals surface area contributed by atoms with Crippen LogP contribution in [0.1, 0.15) is 25.8 Å². The van der Waals surface area contributed by atoms with E-state index in [1.165, 1.54) is 6.07 Å². The Bertz CT molecular complexity index is 467. The van der Waals surface area contributed by atoms with Crippen LogP contribution in [0, 0.1) is 0 Å². The zero-order valence-corrected chi connectivity index (χ0v) is 13.1. The van der Waals surface area contributed by atoms with Crippen LogP contribution >= 0.6 is 11.3 Å². The lowest BCUT2D eigenvalue weighted by Crippen LogP contribution is -2.29. The number of aliphatic hydroxyl groups excluding tert-OH is 1. The molecule has 5 nitrogen and oxygen atoms in total. The number of rotatable bonds is 9. The molecule has 0 saturated carbocycles. The first kappa shape index (κ1) is 16.6. The Morgan fingerprint density at radius 3 is 2.58 bits per heavy atom. The minimum Gasteiger partial charge on any atom is -0.392 e. The molecule has 110 valence electrons. The molecule has 0 atom stereocenters. The number of sulfonamides is 1. The first-order chi connectivity index (χ1) is 9.03. The van der Waals surface area contributed by atoms with Gasteiger partial charge in [0.1, 0.15) is 4.21 Å². The van der Waals surface area contributed by atoms with Gasteiger partial charge in [-0.15, -0.1) is 11.3 Å². The van der Waals surface area contributed by atoms with E-state index >= 15 is 0 Å². The summed E-state index contributed by atoms with van der Waals surface area (Å²) in [6.45, 7) is 7.34. The molecule has 0 fully saturated rings. The van der Waals surface area contributed by atoms with Crippen LogP contribution in [0.3, 0.4) is 0 Å². The molecule has 0 bridgehead atoms. The molecular weight excluding hydrogens is 284 g/mol. The lowest BCUT2D eigenvalue weighted by molar-refractivity contribution is 0.282. The molecule has 0 aromatic carbocycles. The maximum Gasteiger partial charge on any atom is 0.250 e. The number of thiophene rings is 1. The van der Waals surface area contributed by atoms with E-state index in [0.29, 0.717) is 12.1 Å². The Morgan fingerprint density at radius 2 is 2.05 bits per heavy atom. The third-order valence-corrected chi connectivity index (χ3v) is 5.86. The summed E-state index contributed by atoms with van der Waals surface area (Å²) in [4.78, 5) is 2.25. The van der Waals surface area contributed by atoms with Gasteiger partial charge in [-0.05, 0) is 43.1 Å². The average molecular weight is 306 g/mol. The lowest BCUT2D eigenvalue weighted by atomic mass is 10.4. The van der Waals surface area contributed by atoms with E-state index in [1.807, 2.05) is 0 Å². The standard InChI is InChI=1S/C12H22N2O3S2/c1-3-14(4-2)7-5-6-13-19(16,17)12-8-11(9-15)10-18-12/h8,10,13,15H,3-7,9H2,1-2H3. The predicted octanol–water partition coefficient (Wildman–Crippen LogP) is 1.25. The van der Waals surface area contributed by atoms with Crippen molar-refractivity contribution in [2.45, 2.75) is 31.1 Å². The summed E-state index contributed by atoms with van der Waals surface area (Å²) in [7, 11) is -3.42. The minimum absolute atomic E-state index is 0.131. The lowest BCUT2D eigenvalue weighted by Gasteiger charge is -2.17. The highest BCUT2D eigenvalue weighted by molar-refractivity contribution is 7.91. The Hall–Kier alpha value is -0.470. The smallest absolute Gasteiger partial charge is 0.250 e. The third-order valence-electron chi connectivity index (χ3n) is 2.91. The zero-order chi connectivity index (χ0) is 14.3. The van der Waals surface area contributed by atoms with E-state index in [0.717, 1.165) is 37.4 Å². The summed E-state index contributed by atoms with van der Waals surface area (Å²) in [5.41, 5.74) is 0.633. The van der Waals surface area contributed by atoms with Gasteiger partial charge in [0.25, 0.3) is 0 Å². The van der Waals surface area contributed by atoms with Crippen LogP contribution in [0.4, 0.5) is 0 Å². The second-order valence-corrected chi connectivity index (χ2v) is 7.12. The van der Waals surface area contributed by atoms with Gasteiger partial charge in [-0.1, -0.05) is 13.8 Å². The molecule has 1 aromatic heterocycles. The van der Waals surface area contributed by atoms with Crippen LogP contribution in [0.15, 0.2) is 15.7 Å². The number of aliphatic hydroxyl groups is 1. The first-order valence-electron chi connectivity index (χ1n) is 6.43. The Morgan fingerprint density at radius 1 is 1.37 bits per heavy atom. The van der Waals surface area contributed by atoms with Crippen LogP contribution in [-0.2, 0) is 16.6 Å². The third kappa shape index (κ3) is 5.19. The van der Waals surface area contributed by atoms with Gasteiger partial charge in [0, 0.05) is 6.54 Å². The molecule has 0 aliphatic carbocycles. The van der Waals surface area contributed by atoms with E-state index in [2.05, 4.69) is 23.5 Å². The summed E-state index contributed by atoms with van der Waals surface area (Å²) >= 11 is 1.13. The number of nitrogens with one attached hydrogen (secondary N) is 1. The summed E-state index contributed by atoms with van der Waals surface area (Å²) in [6, 6.07) is 1.51. The molecule has 1 heterocycles. The van der Waals surface area contributed by atoms with Crippen molar-refractivity contribution in [3.8, 4) is 0 Å². The molecule has 0 unspecified atom stereocenters. The summed E-state index contributed by atoms with van der Waals surface area (Å²) in [5, 5.41) is 10.6. The molecule has 0 aliphatic rings. The van der Waals surface area contributed by atoms with Crippen LogP contribution in [0.5, 0.6) is 0 Å². The largest absolute Gasteiger partial charge is 0.392 e. The van der Waals surface area contributed by atoms with Gasteiger partial charge in [-0.3, -0.25) is 0 Å². The van der Waals surface area contributed by atoms with E-state index in [4.69, 9.17) is 5.11 Å². The second kappa shape index (κ2) is 7.96. The van der Waals surface area contributed by atoms with Crippen molar-refractivity contribution in [2.24, 2.45) is 0 Å². The molecule has 0 saturated heterocycles. The quantitative estimate of drug-likeness (QED) is 0.674. The number of hydrogen-bond acceptors (Lipinski definition) is 5. The van der Waals surface area contributed by atoms with Crippen molar-refractivity contribution in [1.29, 1.82) is 0 Å². The van der Waals surface area contributed by atoms with Gasteiger partial charge in [0.15, 0.2) is 0 Å². The molecule has 19 heavy (non-hydrogen) atoms. The fourth-order valence-corrected chi connectivity index (χ4v) is 4.02. The molecule has 0 amide bonds. The van der Waals surface area contributed by atoms with Crippen molar-refractivity contribution < 1.29 is 13.5 Å². The van der Waals surface area contributed by atoms with Crippen LogP contribution in [0.2, 0.25) is 0 Å². The van der Waals surface area contributed by atoms with E-state index in [-0.39, 0.29) is 10.8 Å². The normalized spacial score (nSPS) is 12.2. The maximum atomic E-state index is 11.9. The molecular formula is C12H22N2O3S2. The Labute approximate surface area is 119 Å². The summed E-state index contributed by atoms with van der Waals surface area (Å²) in [5.74, 6) is 0. The summed E-state index contributed by atoms with van der Waals surface area (Å²) < 4.78 is 26.8. The SMILES string of the molecule is CCN(CC)CCCNS(=O)(=O)c1cc(CO)cs1. The molecule has 1 aromatic rings. The van der Waals surface area contributed by atoms with Gasteiger partial charge in [0.05, 0.1) is 6.61 Å². The van der Waals surface area contributed by atoms with Gasteiger partial charge in [-0.25, -0.2) is 13.1 Å². The highest BCUT2D eigenvalue weighted by Crippen LogP contribution is 2.19. The van der Waals surface area contributed by atoms with E-state index in [9.17, 15) is 8.42 Å². The van der Waals surface area contributed by atoms with E-state index < -0.39 is 10.0 Å². The topological polar surface area (TPSA) is 69.6 Å². The molecule has 7 heteroatoms. The van der Waals surface area contributed by atoms with Gasteiger partial charge in [-0.2, -0.15) is 0 Å². The number of hydrogen-bond donors (Lipinski definition) is 2. The highest BCUT2D eigenvalue weighted by Gasteiger charge is 2.15. The van der Waals surface area contributed by atoms with Crippen LogP contribution in [-0.4, -0.2) is 44.6 Å². The van der Waals surface area contributed by atoms with Crippen molar-refractivity contribution in [3.05, 3.63) is 17.0 Å². The van der Waals surface area contributed by atoms with Crippen molar-refractivity contribution in [3.63, 3.8) is 0 Å². The zero-order valence-electron chi connectivity index (χ0n) is 11.4. The Balaban J connectivity index is 2.43. The van der Waals surface area contributed by atoms with Crippen LogP contribution in [0.25, 0.3) is 0 Å². The van der Waals surface area contributed by atoms with Crippen molar-refractivity contribution in [1.82, 2.24) is 9.62 Å². The highest BCUT2D eigenvalue weighted by atomic mass is 32.2. The van der Waals surface area contributed by atoms with Gasteiger partial charge in [0.2, 0.25) is 10.0 Å². The average Bonchev–Trinajstić information content (AvgIpc) is 2.88. The predicted molar refractivity (Wildman–Crippen MR) is 77.8 cm³/mol. The second-order valence-electron chi connectivity index (χ2n) is 4.21. The van der Waals surface area contributed by atoms with E-state index in [1.54, 1.807) is 5.38 Å². The van der Waals surface area contributed by atoms with Gasteiger partial charge < -0.3 is 10.0 Å². The molecule has 2 N–H and O–H groups in total. The first-order valence-corrected chi connectivity index (χ1v) is 8.80. The maximum absolute atomic E-state index is 11.9. The Kier molecular flexibility index (Phi) is 6.95.